The van der Waals surface area contributed by atoms with Gasteiger partial charge < -0.3 is 20.9 Å². The second kappa shape index (κ2) is 7.70. The summed E-state index contributed by atoms with van der Waals surface area (Å²) in [7, 11) is 1.62. The summed E-state index contributed by atoms with van der Waals surface area (Å²) in [5.74, 6) is 0. The van der Waals surface area contributed by atoms with Gasteiger partial charge in [-0.25, -0.2) is 4.79 Å². The molecule has 0 aliphatic carbocycles. The first-order valence-corrected chi connectivity index (χ1v) is 4.85. The average Bonchev–Trinajstić information content (AvgIpc) is 2.14. The largest absolute Gasteiger partial charge is 0.445 e. The van der Waals surface area contributed by atoms with Gasteiger partial charge in [0.2, 0.25) is 0 Å². The number of hydrogen-bond acceptors (Lipinski definition) is 2. The molecule has 1 aromatic rings. The highest BCUT2D eigenvalue weighted by molar-refractivity contribution is 6.53. The Morgan fingerprint density at radius 1 is 1.18 bits per heavy atom. The molecule has 0 fully saturated rings. The minimum Gasteiger partial charge on any atom is -0.445 e. The molecule has 17 heavy (non-hydrogen) atoms. The van der Waals surface area contributed by atoms with Crippen LogP contribution < -0.4 is 10.7 Å². The lowest BCUT2D eigenvalue weighted by Gasteiger charge is -2.19. The first-order chi connectivity index (χ1) is 6.97. The SMILES string of the molecule is CC(C)(C)OC(=O)N[B]c1ccccc1.O.O. The summed E-state index contributed by atoms with van der Waals surface area (Å²) >= 11 is 0. The molecule has 0 atom stereocenters. The quantitative estimate of drug-likeness (QED) is 0.724. The van der Waals surface area contributed by atoms with Gasteiger partial charge in [-0.05, 0) is 20.8 Å². The Morgan fingerprint density at radius 2 is 1.71 bits per heavy atom. The lowest BCUT2D eigenvalue weighted by molar-refractivity contribution is 0.0569. The minimum absolute atomic E-state index is 0. The lowest BCUT2D eigenvalue weighted by atomic mass is 9.83. The highest BCUT2D eigenvalue weighted by Gasteiger charge is 2.15. The Kier molecular flexibility index (Phi) is 8.09. The van der Waals surface area contributed by atoms with Gasteiger partial charge in [0.15, 0.2) is 0 Å². The van der Waals surface area contributed by atoms with Gasteiger partial charge in [0.1, 0.15) is 5.60 Å². The van der Waals surface area contributed by atoms with Gasteiger partial charge in [-0.15, -0.1) is 0 Å². The van der Waals surface area contributed by atoms with Gasteiger partial charge in [0.25, 0.3) is 7.41 Å². The molecule has 1 rings (SSSR count). The van der Waals surface area contributed by atoms with Gasteiger partial charge in [-0.3, -0.25) is 0 Å². The van der Waals surface area contributed by atoms with Crippen molar-refractivity contribution in [2.45, 2.75) is 26.4 Å². The number of ether oxygens (including phenoxy) is 1. The highest BCUT2D eigenvalue weighted by Crippen LogP contribution is 2.05. The van der Waals surface area contributed by atoms with Crippen LogP contribution in [0.3, 0.4) is 0 Å². The van der Waals surface area contributed by atoms with Gasteiger partial charge in [0, 0.05) is 0 Å². The molecule has 0 saturated heterocycles. The summed E-state index contributed by atoms with van der Waals surface area (Å²) in [5, 5.41) is 2.57. The second-order valence-electron chi connectivity index (χ2n) is 4.20. The van der Waals surface area contributed by atoms with Crippen molar-refractivity contribution in [1.29, 1.82) is 0 Å². The van der Waals surface area contributed by atoms with E-state index in [2.05, 4.69) is 5.23 Å². The predicted molar refractivity (Wildman–Crippen MR) is 68.4 cm³/mol. The standard InChI is InChI=1S/C11H15BNO2.2H2O/c1-11(2,3)15-10(14)13-12-9-7-5-4-6-8-9;;/h4-8H,1-3H3,(H,13,14);2*1H2. The minimum atomic E-state index is -0.464. The fourth-order valence-corrected chi connectivity index (χ4v) is 0.999. The maximum atomic E-state index is 11.3. The molecule has 0 bridgehead atoms. The number of rotatable bonds is 2. The number of carbonyl (C=O) groups is 1. The van der Waals surface area contributed by atoms with E-state index in [-0.39, 0.29) is 11.0 Å². The molecule has 1 aromatic carbocycles. The third-order valence-electron chi connectivity index (χ3n) is 1.56. The molecule has 0 aliphatic heterocycles. The zero-order valence-electron chi connectivity index (χ0n) is 10.3. The Hall–Kier alpha value is -1.53. The van der Waals surface area contributed by atoms with Gasteiger partial charge in [-0.2, -0.15) is 0 Å². The average molecular weight is 240 g/mol. The number of amides is 1. The Labute approximate surface area is 102 Å². The molecule has 5 nitrogen and oxygen atoms in total. The number of benzene rings is 1. The molecule has 1 amide bonds. The van der Waals surface area contributed by atoms with Crippen LogP contribution in [-0.2, 0) is 4.74 Å². The summed E-state index contributed by atoms with van der Waals surface area (Å²) in [5.41, 5.74) is 0.470. The van der Waals surface area contributed by atoms with Gasteiger partial charge in [-0.1, -0.05) is 35.8 Å². The lowest BCUT2D eigenvalue weighted by Crippen LogP contribution is -2.39. The fourth-order valence-electron chi connectivity index (χ4n) is 0.999. The maximum Gasteiger partial charge on any atom is 0.395 e. The van der Waals surface area contributed by atoms with Crippen molar-refractivity contribution in [2.75, 3.05) is 0 Å². The fraction of sp³-hybridized carbons (Fsp3) is 0.364. The third-order valence-corrected chi connectivity index (χ3v) is 1.56. The van der Waals surface area contributed by atoms with Crippen LogP contribution in [0.2, 0.25) is 0 Å². The van der Waals surface area contributed by atoms with Gasteiger partial charge in [0.05, 0.1) is 0 Å². The van der Waals surface area contributed by atoms with Crippen LogP contribution in [0.5, 0.6) is 0 Å². The first-order valence-electron chi connectivity index (χ1n) is 4.85. The first kappa shape index (κ1) is 17.9. The van der Waals surface area contributed by atoms with E-state index in [1.807, 2.05) is 51.1 Å². The van der Waals surface area contributed by atoms with Crippen LogP contribution in [0.4, 0.5) is 4.79 Å². The van der Waals surface area contributed by atoms with Crippen LogP contribution in [-0.4, -0.2) is 30.1 Å². The summed E-state index contributed by atoms with van der Waals surface area (Å²) in [6, 6.07) is 9.53. The predicted octanol–water partition coefficient (Wildman–Crippen LogP) is -0.194. The molecule has 0 spiro atoms. The Balaban J connectivity index is 0. The molecule has 0 aromatic heterocycles. The number of hydrogen-bond donors (Lipinski definition) is 1. The molecule has 6 heteroatoms. The molecule has 5 N–H and O–H groups in total. The van der Waals surface area contributed by atoms with Crippen LogP contribution in [0.1, 0.15) is 20.8 Å². The smallest absolute Gasteiger partial charge is 0.395 e. The maximum absolute atomic E-state index is 11.3. The summed E-state index contributed by atoms with van der Waals surface area (Å²) < 4.78 is 5.08. The van der Waals surface area contributed by atoms with Crippen LogP contribution in [0.15, 0.2) is 30.3 Å². The van der Waals surface area contributed by atoms with E-state index in [4.69, 9.17) is 4.74 Å². The van der Waals surface area contributed by atoms with Crippen molar-refractivity contribution >= 4 is 19.0 Å². The van der Waals surface area contributed by atoms with E-state index in [1.54, 1.807) is 7.41 Å². The van der Waals surface area contributed by atoms with Gasteiger partial charge >= 0.3 is 6.09 Å². The van der Waals surface area contributed by atoms with Crippen molar-refractivity contribution in [2.24, 2.45) is 0 Å². The summed E-state index contributed by atoms with van der Waals surface area (Å²) in [6.07, 6.45) is -0.439. The van der Waals surface area contributed by atoms with Crippen molar-refractivity contribution in [3.8, 4) is 0 Å². The van der Waals surface area contributed by atoms with E-state index in [9.17, 15) is 4.79 Å². The molecular weight excluding hydrogens is 221 g/mol. The molecule has 0 heterocycles. The zero-order chi connectivity index (χ0) is 11.3. The topological polar surface area (TPSA) is 101 Å². The number of carbonyl (C=O) groups excluding carboxylic acids is 1. The molecule has 0 aliphatic rings. The molecule has 0 saturated carbocycles. The Bertz CT molecular complexity index is 324. The second-order valence-corrected chi connectivity index (χ2v) is 4.20. The van der Waals surface area contributed by atoms with Crippen LogP contribution >= 0.6 is 0 Å². The van der Waals surface area contributed by atoms with Crippen LogP contribution in [0.25, 0.3) is 0 Å². The van der Waals surface area contributed by atoms with E-state index in [0.717, 1.165) is 5.46 Å². The monoisotopic (exact) mass is 240 g/mol. The van der Waals surface area contributed by atoms with Crippen molar-refractivity contribution in [1.82, 2.24) is 5.23 Å². The molecule has 1 radical (unpaired) electrons. The van der Waals surface area contributed by atoms with E-state index in [0.29, 0.717) is 0 Å². The molecular formula is C11H19BNO4. The van der Waals surface area contributed by atoms with E-state index in [1.165, 1.54) is 0 Å². The van der Waals surface area contributed by atoms with E-state index < -0.39 is 11.7 Å². The van der Waals surface area contributed by atoms with Crippen LogP contribution in [0, 0.1) is 0 Å². The zero-order valence-corrected chi connectivity index (χ0v) is 10.3. The summed E-state index contributed by atoms with van der Waals surface area (Å²) in [6.45, 7) is 5.49. The normalized spacial score (nSPS) is 9.35. The van der Waals surface area contributed by atoms with E-state index >= 15 is 0 Å². The molecule has 95 valence electrons. The summed E-state index contributed by atoms with van der Waals surface area (Å²) in [4.78, 5) is 11.3. The number of nitrogens with one attached hydrogen (secondary N) is 1. The Morgan fingerprint density at radius 3 is 2.18 bits per heavy atom. The van der Waals surface area contributed by atoms with Crippen molar-refractivity contribution in [3.63, 3.8) is 0 Å². The third kappa shape index (κ3) is 8.30. The molecule has 0 unspecified atom stereocenters. The van der Waals surface area contributed by atoms with Crippen molar-refractivity contribution in [3.05, 3.63) is 30.3 Å². The highest BCUT2D eigenvalue weighted by atomic mass is 16.6. The van der Waals surface area contributed by atoms with Crippen molar-refractivity contribution < 1.29 is 20.5 Å².